The number of nitrogens with zero attached hydrogens (tertiary/aromatic N) is 3. The van der Waals surface area contributed by atoms with Gasteiger partial charge in [0.15, 0.2) is 17.1 Å². The van der Waals surface area contributed by atoms with Crippen molar-refractivity contribution in [2.45, 2.75) is 39.0 Å². The fourth-order valence-electron chi connectivity index (χ4n) is 2.95. The van der Waals surface area contributed by atoms with Crippen LogP contribution in [0.1, 0.15) is 35.5 Å². The van der Waals surface area contributed by atoms with E-state index < -0.39 is 0 Å². The van der Waals surface area contributed by atoms with Crippen LogP contribution in [0, 0.1) is 20.8 Å². The summed E-state index contributed by atoms with van der Waals surface area (Å²) in [6.07, 6.45) is -0.261. The Morgan fingerprint density at radius 2 is 1.93 bits per heavy atom. The molecule has 1 atom stereocenters. The summed E-state index contributed by atoms with van der Waals surface area (Å²) in [5.41, 5.74) is 4.20. The van der Waals surface area contributed by atoms with E-state index in [1.807, 2.05) is 68.8 Å². The van der Waals surface area contributed by atoms with Crippen molar-refractivity contribution in [2.75, 3.05) is 11.1 Å². The SMILES string of the molecule is Cc1cccc(NC(=O)CSc2nnc(C(C)Oc3cccc(C)c3C)n2C)c1. The lowest BCUT2D eigenvalue weighted by Crippen LogP contribution is -2.15. The Kier molecular flexibility index (Phi) is 6.59. The molecule has 0 spiro atoms. The van der Waals surface area contributed by atoms with Gasteiger partial charge in [-0.25, -0.2) is 0 Å². The van der Waals surface area contributed by atoms with Gasteiger partial charge in [-0.1, -0.05) is 36.0 Å². The maximum Gasteiger partial charge on any atom is 0.234 e. The van der Waals surface area contributed by atoms with Gasteiger partial charge >= 0.3 is 0 Å². The number of amides is 1. The summed E-state index contributed by atoms with van der Waals surface area (Å²) >= 11 is 1.35. The van der Waals surface area contributed by atoms with Crippen LogP contribution in [0.4, 0.5) is 5.69 Å². The maximum atomic E-state index is 12.2. The molecule has 0 aliphatic rings. The molecule has 3 aromatic rings. The lowest BCUT2D eigenvalue weighted by Gasteiger charge is -2.16. The number of benzene rings is 2. The van der Waals surface area contributed by atoms with Crippen LogP contribution in [-0.2, 0) is 11.8 Å². The Morgan fingerprint density at radius 1 is 1.17 bits per heavy atom. The minimum Gasteiger partial charge on any atom is -0.482 e. The second kappa shape index (κ2) is 9.13. The van der Waals surface area contributed by atoms with Gasteiger partial charge in [-0.05, 0) is 62.6 Å². The van der Waals surface area contributed by atoms with E-state index in [-0.39, 0.29) is 17.8 Å². The molecule has 1 heterocycles. The first kappa shape index (κ1) is 20.9. The molecule has 0 saturated heterocycles. The number of rotatable bonds is 7. The third-order valence-corrected chi connectivity index (χ3v) is 5.75. The number of nitrogens with one attached hydrogen (secondary N) is 1. The first-order valence-corrected chi connectivity index (χ1v) is 10.4. The number of hydrogen-bond donors (Lipinski definition) is 1. The molecule has 0 fully saturated rings. The Morgan fingerprint density at radius 3 is 2.69 bits per heavy atom. The van der Waals surface area contributed by atoms with Crippen LogP contribution in [0.25, 0.3) is 0 Å². The molecule has 1 aromatic heterocycles. The van der Waals surface area contributed by atoms with Crippen LogP contribution in [0.3, 0.4) is 0 Å². The topological polar surface area (TPSA) is 69.0 Å². The normalized spacial score (nSPS) is 11.9. The Balaban J connectivity index is 1.61. The van der Waals surface area contributed by atoms with Crippen molar-refractivity contribution >= 4 is 23.4 Å². The van der Waals surface area contributed by atoms with E-state index in [4.69, 9.17) is 4.74 Å². The quantitative estimate of drug-likeness (QED) is 0.576. The average molecular weight is 411 g/mol. The lowest BCUT2D eigenvalue weighted by atomic mass is 10.1. The predicted octanol–water partition coefficient (Wildman–Crippen LogP) is 4.61. The van der Waals surface area contributed by atoms with E-state index >= 15 is 0 Å². The van der Waals surface area contributed by atoms with E-state index in [0.29, 0.717) is 11.0 Å². The standard InChI is InChI=1S/C22H26N4O2S/c1-14-8-6-10-18(12-14)23-20(27)13-29-22-25-24-21(26(22)5)17(4)28-19-11-7-9-15(2)16(19)3/h6-12,17H,13H2,1-5H3,(H,23,27). The molecule has 29 heavy (non-hydrogen) atoms. The highest BCUT2D eigenvalue weighted by atomic mass is 32.2. The van der Waals surface area contributed by atoms with Crippen LogP contribution in [0.15, 0.2) is 47.6 Å². The van der Waals surface area contributed by atoms with E-state index in [9.17, 15) is 4.79 Å². The minimum atomic E-state index is -0.261. The van der Waals surface area contributed by atoms with Gasteiger partial charge in [0.1, 0.15) is 5.75 Å². The number of carbonyl (C=O) groups is 1. The molecule has 0 aliphatic heterocycles. The number of aromatic nitrogens is 3. The number of anilines is 1. The number of hydrogen-bond acceptors (Lipinski definition) is 5. The van der Waals surface area contributed by atoms with Crippen LogP contribution in [0.5, 0.6) is 5.75 Å². The van der Waals surface area contributed by atoms with Gasteiger partial charge in [-0.3, -0.25) is 4.79 Å². The van der Waals surface area contributed by atoms with Crippen LogP contribution < -0.4 is 10.1 Å². The van der Waals surface area contributed by atoms with E-state index in [0.717, 1.165) is 22.6 Å². The highest BCUT2D eigenvalue weighted by molar-refractivity contribution is 7.99. The molecule has 1 unspecified atom stereocenters. The molecule has 0 aliphatic carbocycles. The molecule has 6 nitrogen and oxygen atoms in total. The number of ether oxygens (including phenoxy) is 1. The number of carbonyl (C=O) groups excluding carboxylic acids is 1. The second-order valence-corrected chi connectivity index (χ2v) is 8.01. The van der Waals surface area contributed by atoms with Crippen molar-refractivity contribution in [3.8, 4) is 5.75 Å². The Hall–Kier alpha value is -2.80. The smallest absolute Gasteiger partial charge is 0.234 e. The zero-order valence-electron chi connectivity index (χ0n) is 17.4. The van der Waals surface area contributed by atoms with Crippen LogP contribution in [-0.4, -0.2) is 26.4 Å². The summed E-state index contributed by atoms with van der Waals surface area (Å²) in [5, 5.41) is 12.1. The first-order chi connectivity index (χ1) is 13.8. The van der Waals surface area contributed by atoms with Crippen molar-refractivity contribution < 1.29 is 9.53 Å². The third kappa shape index (κ3) is 5.17. The zero-order chi connectivity index (χ0) is 21.0. The molecule has 3 rings (SSSR count). The lowest BCUT2D eigenvalue weighted by molar-refractivity contribution is -0.113. The Bertz CT molecular complexity index is 1020. The van der Waals surface area contributed by atoms with Gasteiger partial charge in [-0.15, -0.1) is 10.2 Å². The van der Waals surface area contributed by atoms with E-state index in [1.54, 1.807) is 0 Å². The second-order valence-electron chi connectivity index (χ2n) is 7.06. The molecular formula is C22H26N4O2S. The molecule has 7 heteroatoms. The summed E-state index contributed by atoms with van der Waals surface area (Å²) in [6, 6.07) is 13.7. The molecule has 1 amide bonds. The average Bonchev–Trinajstić information content (AvgIpc) is 3.04. The summed E-state index contributed by atoms with van der Waals surface area (Å²) in [4.78, 5) is 12.2. The fraction of sp³-hybridized carbons (Fsp3) is 0.318. The van der Waals surface area contributed by atoms with E-state index in [1.165, 1.54) is 17.3 Å². The highest BCUT2D eigenvalue weighted by Gasteiger charge is 2.19. The minimum absolute atomic E-state index is 0.0789. The van der Waals surface area contributed by atoms with Crippen molar-refractivity contribution in [3.63, 3.8) is 0 Å². The summed E-state index contributed by atoms with van der Waals surface area (Å²) in [6.45, 7) is 8.05. The molecular weight excluding hydrogens is 384 g/mol. The molecule has 1 N–H and O–H groups in total. The summed E-state index contributed by atoms with van der Waals surface area (Å²) < 4.78 is 7.99. The molecule has 0 radical (unpaired) electrons. The maximum absolute atomic E-state index is 12.2. The van der Waals surface area contributed by atoms with Crippen molar-refractivity contribution in [1.82, 2.24) is 14.8 Å². The zero-order valence-corrected chi connectivity index (χ0v) is 18.2. The highest BCUT2D eigenvalue weighted by Crippen LogP contribution is 2.27. The largest absolute Gasteiger partial charge is 0.482 e. The monoisotopic (exact) mass is 410 g/mol. The van der Waals surface area contributed by atoms with Gasteiger partial charge in [-0.2, -0.15) is 0 Å². The number of aryl methyl sites for hydroxylation is 2. The van der Waals surface area contributed by atoms with Crippen molar-refractivity contribution in [3.05, 3.63) is 65.0 Å². The van der Waals surface area contributed by atoms with E-state index in [2.05, 4.69) is 28.5 Å². The van der Waals surface area contributed by atoms with Gasteiger partial charge in [0.05, 0.1) is 5.75 Å². The summed E-state index contributed by atoms with van der Waals surface area (Å²) in [5.74, 6) is 1.73. The fourth-order valence-corrected chi connectivity index (χ4v) is 3.67. The Labute approximate surface area is 175 Å². The van der Waals surface area contributed by atoms with Crippen LogP contribution in [0.2, 0.25) is 0 Å². The van der Waals surface area contributed by atoms with Gasteiger partial charge in [0.2, 0.25) is 5.91 Å². The third-order valence-electron chi connectivity index (χ3n) is 4.73. The number of thioether (sulfide) groups is 1. The predicted molar refractivity (Wildman–Crippen MR) is 116 cm³/mol. The van der Waals surface area contributed by atoms with Gasteiger partial charge < -0.3 is 14.6 Å². The van der Waals surface area contributed by atoms with Gasteiger partial charge in [0.25, 0.3) is 0 Å². The first-order valence-electron chi connectivity index (χ1n) is 9.46. The van der Waals surface area contributed by atoms with Gasteiger partial charge in [0, 0.05) is 12.7 Å². The molecule has 0 bridgehead atoms. The molecule has 0 saturated carbocycles. The van der Waals surface area contributed by atoms with Crippen molar-refractivity contribution in [1.29, 1.82) is 0 Å². The molecule has 152 valence electrons. The summed E-state index contributed by atoms with van der Waals surface area (Å²) in [7, 11) is 1.89. The van der Waals surface area contributed by atoms with Crippen LogP contribution >= 0.6 is 11.8 Å². The molecule has 2 aromatic carbocycles. The van der Waals surface area contributed by atoms with Crippen molar-refractivity contribution in [2.24, 2.45) is 7.05 Å².